The van der Waals surface area contributed by atoms with E-state index in [9.17, 15) is 17.6 Å². The Balaban J connectivity index is 1.82. The molecule has 0 unspecified atom stereocenters. The third-order valence-corrected chi connectivity index (χ3v) is 3.86. The van der Waals surface area contributed by atoms with Crippen LogP contribution in [-0.4, -0.2) is 16.5 Å². The summed E-state index contributed by atoms with van der Waals surface area (Å²) in [7, 11) is 0. The standard InChI is InChI=1S/C15H13F4N3/c16-12-6-10(5-11(7-12)15(17,18)19)14(1-2-14)9-22-13-8-20-3-4-21-13/h3-8H,1-2,9H2,(H,21,22). The maximum Gasteiger partial charge on any atom is 0.416 e. The molecule has 1 fully saturated rings. The number of halogens is 4. The first kappa shape index (κ1) is 14.7. The van der Waals surface area contributed by atoms with Crippen LogP contribution in [0.25, 0.3) is 0 Å². The maximum absolute atomic E-state index is 13.5. The molecule has 0 aliphatic heterocycles. The molecule has 1 aromatic heterocycles. The van der Waals surface area contributed by atoms with Crippen LogP contribution in [0.3, 0.4) is 0 Å². The smallest absolute Gasteiger partial charge is 0.368 e. The Hall–Kier alpha value is -2.18. The van der Waals surface area contributed by atoms with Gasteiger partial charge in [0.1, 0.15) is 11.6 Å². The van der Waals surface area contributed by atoms with Gasteiger partial charge in [-0.05, 0) is 36.6 Å². The molecule has 0 radical (unpaired) electrons. The quantitative estimate of drug-likeness (QED) is 0.873. The van der Waals surface area contributed by atoms with Crippen molar-refractivity contribution in [2.75, 3.05) is 11.9 Å². The van der Waals surface area contributed by atoms with Crippen LogP contribution in [0.5, 0.6) is 0 Å². The summed E-state index contributed by atoms with van der Waals surface area (Å²) in [5, 5.41) is 3.05. The highest BCUT2D eigenvalue weighted by Crippen LogP contribution is 2.49. The predicted molar refractivity (Wildman–Crippen MR) is 72.8 cm³/mol. The summed E-state index contributed by atoms with van der Waals surface area (Å²) in [6, 6.07) is 2.74. The van der Waals surface area contributed by atoms with Crippen molar-refractivity contribution in [3.63, 3.8) is 0 Å². The van der Waals surface area contributed by atoms with Crippen LogP contribution in [0, 0.1) is 5.82 Å². The van der Waals surface area contributed by atoms with E-state index < -0.39 is 23.0 Å². The largest absolute Gasteiger partial charge is 0.416 e. The van der Waals surface area contributed by atoms with Gasteiger partial charge in [0.05, 0.1) is 11.8 Å². The molecule has 1 aromatic carbocycles. The molecule has 0 bridgehead atoms. The number of hydrogen-bond acceptors (Lipinski definition) is 3. The van der Waals surface area contributed by atoms with Crippen molar-refractivity contribution in [1.29, 1.82) is 0 Å². The molecule has 1 N–H and O–H groups in total. The molecular formula is C15H13F4N3. The molecule has 1 heterocycles. The van der Waals surface area contributed by atoms with Crippen LogP contribution in [0.15, 0.2) is 36.8 Å². The molecule has 1 aliphatic rings. The van der Waals surface area contributed by atoms with Gasteiger partial charge in [-0.1, -0.05) is 0 Å². The molecule has 1 aliphatic carbocycles. The van der Waals surface area contributed by atoms with E-state index in [0.717, 1.165) is 6.07 Å². The first-order valence-electron chi connectivity index (χ1n) is 6.77. The zero-order chi connectivity index (χ0) is 15.8. The summed E-state index contributed by atoms with van der Waals surface area (Å²) in [6.07, 6.45) is 1.45. The minimum atomic E-state index is -4.55. The van der Waals surface area contributed by atoms with E-state index in [4.69, 9.17) is 0 Å². The number of benzene rings is 1. The number of anilines is 1. The number of rotatable bonds is 4. The second-order valence-electron chi connectivity index (χ2n) is 5.45. The number of hydrogen-bond donors (Lipinski definition) is 1. The molecule has 0 spiro atoms. The Bertz CT molecular complexity index is 666. The van der Waals surface area contributed by atoms with Crippen LogP contribution in [0.1, 0.15) is 24.0 Å². The Morgan fingerprint density at radius 1 is 1.14 bits per heavy atom. The van der Waals surface area contributed by atoms with Crippen LogP contribution in [0.2, 0.25) is 0 Å². The van der Waals surface area contributed by atoms with E-state index in [0.29, 0.717) is 36.8 Å². The number of alkyl halides is 3. The van der Waals surface area contributed by atoms with Gasteiger partial charge in [0, 0.05) is 24.4 Å². The van der Waals surface area contributed by atoms with E-state index in [1.165, 1.54) is 24.7 Å². The number of aromatic nitrogens is 2. The first-order chi connectivity index (χ1) is 10.4. The van der Waals surface area contributed by atoms with Crippen LogP contribution in [0.4, 0.5) is 23.4 Å². The lowest BCUT2D eigenvalue weighted by Crippen LogP contribution is -2.21. The van der Waals surface area contributed by atoms with Gasteiger partial charge < -0.3 is 5.32 Å². The fourth-order valence-electron chi connectivity index (χ4n) is 2.43. The molecule has 116 valence electrons. The Kier molecular flexibility index (Phi) is 3.50. The highest BCUT2D eigenvalue weighted by Gasteiger charge is 2.45. The molecule has 0 amide bonds. The van der Waals surface area contributed by atoms with Crippen LogP contribution in [-0.2, 0) is 11.6 Å². The molecule has 0 atom stereocenters. The zero-order valence-electron chi connectivity index (χ0n) is 11.5. The summed E-state index contributed by atoms with van der Waals surface area (Å²) in [5.41, 5.74) is -1.05. The van der Waals surface area contributed by atoms with Gasteiger partial charge in [-0.2, -0.15) is 13.2 Å². The molecule has 22 heavy (non-hydrogen) atoms. The monoisotopic (exact) mass is 311 g/mol. The highest BCUT2D eigenvalue weighted by atomic mass is 19.4. The third-order valence-electron chi connectivity index (χ3n) is 3.86. The Morgan fingerprint density at radius 3 is 2.50 bits per heavy atom. The lowest BCUT2D eigenvalue weighted by Gasteiger charge is -2.18. The van der Waals surface area contributed by atoms with Crippen molar-refractivity contribution in [3.8, 4) is 0 Å². The number of nitrogens with one attached hydrogen (secondary N) is 1. The maximum atomic E-state index is 13.5. The molecular weight excluding hydrogens is 298 g/mol. The molecule has 3 nitrogen and oxygen atoms in total. The Labute approximate surface area is 124 Å². The minimum Gasteiger partial charge on any atom is -0.368 e. The van der Waals surface area contributed by atoms with E-state index in [1.807, 2.05) is 0 Å². The van der Waals surface area contributed by atoms with Crippen LogP contribution >= 0.6 is 0 Å². The third kappa shape index (κ3) is 3.03. The fourth-order valence-corrected chi connectivity index (χ4v) is 2.43. The topological polar surface area (TPSA) is 37.8 Å². The lowest BCUT2D eigenvalue weighted by molar-refractivity contribution is -0.137. The fraction of sp³-hybridized carbons (Fsp3) is 0.333. The molecule has 1 saturated carbocycles. The molecule has 2 aromatic rings. The van der Waals surface area contributed by atoms with Crippen molar-refractivity contribution in [2.45, 2.75) is 24.4 Å². The van der Waals surface area contributed by atoms with Gasteiger partial charge >= 0.3 is 6.18 Å². The summed E-state index contributed by atoms with van der Waals surface area (Å²) in [6.45, 7) is 0.395. The van der Waals surface area contributed by atoms with E-state index in [1.54, 1.807) is 0 Å². The van der Waals surface area contributed by atoms with Crippen molar-refractivity contribution in [1.82, 2.24) is 9.97 Å². The summed E-state index contributed by atoms with van der Waals surface area (Å²) < 4.78 is 52.0. The van der Waals surface area contributed by atoms with Crippen molar-refractivity contribution >= 4 is 5.82 Å². The molecule has 3 rings (SSSR count). The van der Waals surface area contributed by atoms with Gasteiger partial charge in [0.2, 0.25) is 0 Å². The van der Waals surface area contributed by atoms with Crippen molar-refractivity contribution in [3.05, 3.63) is 53.7 Å². The predicted octanol–water partition coefficient (Wildman–Crippen LogP) is 3.78. The summed E-state index contributed by atoms with van der Waals surface area (Å²) in [5.74, 6) is -0.322. The van der Waals surface area contributed by atoms with Crippen LogP contribution < -0.4 is 5.32 Å². The van der Waals surface area contributed by atoms with Gasteiger partial charge in [-0.15, -0.1) is 0 Å². The SMILES string of the molecule is Fc1cc(C(F)(F)F)cc(C2(CNc3cnccn3)CC2)c1. The number of nitrogens with zero attached hydrogens (tertiary/aromatic N) is 2. The van der Waals surface area contributed by atoms with Crippen molar-refractivity contribution in [2.24, 2.45) is 0 Å². The van der Waals surface area contributed by atoms with Gasteiger partial charge in [-0.25, -0.2) is 9.37 Å². The Morgan fingerprint density at radius 2 is 1.91 bits per heavy atom. The average Bonchev–Trinajstić information content (AvgIpc) is 3.26. The highest BCUT2D eigenvalue weighted by molar-refractivity contribution is 5.40. The zero-order valence-corrected chi connectivity index (χ0v) is 11.5. The molecule has 7 heteroatoms. The molecule has 0 saturated heterocycles. The second kappa shape index (κ2) is 5.23. The van der Waals surface area contributed by atoms with Crippen molar-refractivity contribution < 1.29 is 17.6 Å². The minimum absolute atomic E-state index is 0.371. The van der Waals surface area contributed by atoms with E-state index >= 15 is 0 Å². The van der Waals surface area contributed by atoms with Gasteiger partial charge in [-0.3, -0.25) is 4.98 Å². The summed E-state index contributed by atoms with van der Waals surface area (Å²) in [4.78, 5) is 7.96. The van der Waals surface area contributed by atoms with Gasteiger partial charge in [0.25, 0.3) is 0 Å². The summed E-state index contributed by atoms with van der Waals surface area (Å²) >= 11 is 0. The van der Waals surface area contributed by atoms with E-state index in [2.05, 4.69) is 15.3 Å². The second-order valence-corrected chi connectivity index (χ2v) is 5.45. The lowest BCUT2D eigenvalue weighted by atomic mass is 9.94. The average molecular weight is 311 g/mol. The normalized spacial score (nSPS) is 16.4. The van der Waals surface area contributed by atoms with Gasteiger partial charge in [0.15, 0.2) is 0 Å². The first-order valence-corrected chi connectivity index (χ1v) is 6.77. The van der Waals surface area contributed by atoms with E-state index in [-0.39, 0.29) is 0 Å².